The number of carboxylic acids is 1. The Kier molecular flexibility index (Phi) is 6.66. The fourth-order valence-electron chi connectivity index (χ4n) is 1.71. The zero-order valence-corrected chi connectivity index (χ0v) is 13.4. The minimum atomic E-state index is -1.44. The predicted octanol–water partition coefficient (Wildman–Crippen LogP) is -0.300. The molecule has 1 aromatic rings. The number of carbonyl (C=O) groups is 4. The van der Waals surface area contributed by atoms with Gasteiger partial charge < -0.3 is 26.2 Å². The van der Waals surface area contributed by atoms with Crippen molar-refractivity contribution in [3.8, 4) is 0 Å². The Bertz CT molecular complexity index is 627. The molecule has 0 saturated heterocycles. The summed E-state index contributed by atoms with van der Waals surface area (Å²) >= 11 is 1.16. The molecule has 0 radical (unpaired) electrons. The van der Waals surface area contributed by atoms with E-state index in [2.05, 4.69) is 15.4 Å². The second kappa shape index (κ2) is 8.25. The van der Waals surface area contributed by atoms with Gasteiger partial charge in [-0.1, -0.05) is 0 Å². The molecule has 0 aliphatic heterocycles. The lowest BCUT2D eigenvalue weighted by Gasteiger charge is -2.13. The molecule has 0 aromatic carbocycles. The number of rotatable bonds is 8. The largest absolute Gasteiger partial charge is 0.480 e. The number of nitrogens with one attached hydrogen (secondary N) is 2. The van der Waals surface area contributed by atoms with Crippen molar-refractivity contribution >= 4 is 40.0 Å². The average Bonchev–Trinajstić information content (AvgIpc) is 2.78. The van der Waals surface area contributed by atoms with Gasteiger partial charge in [-0.3, -0.25) is 14.4 Å². The number of hydrogen-bond donors (Lipinski definition) is 4. The van der Waals surface area contributed by atoms with Crippen molar-refractivity contribution < 1.29 is 29.0 Å². The minimum absolute atomic E-state index is 0.104. The van der Waals surface area contributed by atoms with Crippen LogP contribution in [0.5, 0.6) is 0 Å². The molecule has 0 fully saturated rings. The summed E-state index contributed by atoms with van der Waals surface area (Å²) in [5.41, 5.74) is 5.06. The van der Waals surface area contributed by atoms with E-state index < -0.39 is 36.2 Å². The maximum atomic E-state index is 12.2. The van der Waals surface area contributed by atoms with E-state index in [1.807, 2.05) is 0 Å². The van der Waals surface area contributed by atoms with Gasteiger partial charge in [0.2, 0.25) is 5.91 Å². The van der Waals surface area contributed by atoms with E-state index >= 15 is 0 Å². The average molecular weight is 343 g/mol. The number of carboxylic acid groups (broad SMARTS) is 1. The molecule has 126 valence electrons. The summed E-state index contributed by atoms with van der Waals surface area (Å²) < 4.78 is 4.69. The molecule has 1 aromatic heterocycles. The van der Waals surface area contributed by atoms with Gasteiger partial charge in [-0.15, -0.1) is 11.3 Å². The molecule has 1 unspecified atom stereocenters. The Morgan fingerprint density at radius 1 is 1.39 bits per heavy atom. The molecule has 5 N–H and O–H groups in total. The fraction of sp³-hybridized carbons (Fsp3) is 0.385. The van der Waals surface area contributed by atoms with Crippen LogP contribution in [0.1, 0.15) is 21.7 Å². The molecule has 1 heterocycles. The second-order valence-electron chi connectivity index (χ2n) is 4.62. The summed E-state index contributed by atoms with van der Waals surface area (Å²) in [6.07, 6.45) is -0.532. The van der Waals surface area contributed by atoms with Crippen LogP contribution < -0.4 is 16.4 Å². The lowest BCUT2D eigenvalue weighted by Crippen LogP contribution is -2.43. The quantitative estimate of drug-likeness (QED) is 0.509. The first-order valence-electron chi connectivity index (χ1n) is 6.45. The molecule has 0 aliphatic rings. The van der Waals surface area contributed by atoms with Crippen LogP contribution in [0.2, 0.25) is 0 Å². The Hall–Kier alpha value is -2.46. The van der Waals surface area contributed by atoms with Gasteiger partial charge >= 0.3 is 5.97 Å². The molecule has 0 aliphatic carbocycles. The molecule has 1 atom stereocenters. The SMILES string of the molecule is COCC(=O)Nc1sc(C)cc1C(=O)NC(CC(N)=O)C(=O)O. The molecule has 1 rings (SSSR count). The van der Waals surface area contributed by atoms with Gasteiger partial charge in [0.1, 0.15) is 17.6 Å². The number of carbonyl (C=O) groups excluding carboxylic acids is 3. The van der Waals surface area contributed by atoms with Gasteiger partial charge in [0, 0.05) is 12.0 Å². The highest BCUT2D eigenvalue weighted by Crippen LogP contribution is 2.27. The molecular formula is C13H17N3O6S. The van der Waals surface area contributed by atoms with Gasteiger partial charge in [-0.05, 0) is 13.0 Å². The first-order valence-corrected chi connectivity index (χ1v) is 7.27. The topological polar surface area (TPSA) is 148 Å². The minimum Gasteiger partial charge on any atom is -0.480 e. The number of aryl methyl sites for hydroxylation is 1. The highest BCUT2D eigenvalue weighted by molar-refractivity contribution is 7.16. The third kappa shape index (κ3) is 5.68. The van der Waals surface area contributed by atoms with Crippen molar-refractivity contribution in [3.63, 3.8) is 0 Å². The van der Waals surface area contributed by atoms with Crippen molar-refractivity contribution in [3.05, 3.63) is 16.5 Å². The van der Waals surface area contributed by atoms with Crippen molar-refractivity contribution in [2.24, 2.45) is 5.73 Å². The Morgan fingerprint density at radius 2 is 2.04 bits per heavy atom. The van der Waals surface area contributed by atoms with E-state index in [1.54, 1.807) is 6.92 Å². The number of methoxy groups -OCH3 is 1. The number of ether oxygens (including phenoxy) is 1. The monoisotopic (exact) mass is 343 g/mol. The number of aliphatic carboxylic acids is 1. The van der Waals surface area contributed by atoms with Crippen LogP contribution in [-0.2, 0) is 19.1 Å². The normalized spacial score (nSPS) is 11.6. The molecule has 3 amide bonds. The maximum Gasteiger partial charge on any atom is 0.326 e. The summed E-state index contributed by atoms with van der Waals surface area (Å²) in [4.78, 5) is 46.4. The van der Waals surface area contributed by atoms with Gasteiger partial charge in [-0.25, -0.2) is 4.79 Å². The number of primary amides is 1. The second-order valence-corrected chi connectivity index (χ2v) is 5.87. The van der Waals surface area contributed by atoms with Gasteiger partial charge in [-0.2, -0.15) is 0 Å². The van der Waals surface area contributed by atoms with Gasteiger partial charge in [0.05, 0.1) is 12.0 Å². The third-order valence-corrected chi connectivity index (χ3v) is 3.60. The lowest BCUT2D eigenvalue weighted by molar-refractivity contribution is -0.140. The molecule has 9 nitrogen and oxygen atoms in total. The summed E-state index contributed by atoms with van der Waals surface area (Å²) in [6.45, 7) is 1.54. The van der Waals surface area contributed by atoms with E-state index in [9.17, 15) is 19.2 Å². The van der Waals surface area contributed by atoms with E-state index in [0.29, 0.717) is 0 Å². The standard InChI is InChI=1S/C13H17N3O6S/c1-6-3-7(12(23-6)16-10(18)5-22-2)11(19)15-8(13(20)21)4-9(14)17/h3,8H,4-5H2,1-2H3,(H2,14,17)(H,15,19)(H,16,18)(H,20,21). The molecule has 10 heteroatoms. The highest BCUT2D eigenvalue weighted by atomic mass is 32.1. The van der Waals surface area contributed by atoms with E-state index in [-0.39, 0.29) is 17.2 Å². The predicted molar refractivity (Wildman–Crippen MR) is 82.3 cm³/mol. The fourth-order valence-corrected chi connectivity index (χ4v) is 2.63. The Morgan fingerprint density at radius 3 is 2.57 bits per heavy atom. The first-order chi connectivity index (χ1) is 10.7. The Labute approximate surface area is 135 Å². The maximum absolute atomic E-state index is 12.2. The zero-order valence-electron chi connectivity index (χ0n) is 12.5. The van der Waals surface area contributed by atoms with Crippen molar-refractivity contribution in [2.75, 3.05) is 19.0 Å². The number of nitrogens with two attached hydrogens (primary N) is 1. The molecule has 0 bridgehead atoms. The van der Waals surface area contributed by atoms with Crippen LogP contribution in [0.4, 0.5) is 5.00 Å². The third-order valence-electron chi connectivity index (χ3n) is 2.64. The first kappa shape index (κ1) is 18.6. The summed E-state index contributed by atoms with van der Waals surface area (Å²) in [5, 5.41) is 14.0. The van der Waals surface area contributed by atoms with Crippen LogP contribution in [0.25, 0.3) is 0 Å². The van der Waals surface area contributed by atoms with Crippen molar-refractivity contribution in [2.45, 2.75) is 19.4 Å². The lowest BCUT2D eigenvalue weighted by atomic mass is 10.1. The van der Waals surface area contributed by atoms with Crippen LogP contribution in [0.3, 0.4) is 0 Å². The summed E-state index contributed by atoms with van der Waals surface area (Å²) in [5.74, 6) is -3.41. The zero-order chi connectivity index (χ0) is 17.6. The van der Waals surface area contributed by atoms with Crippen LogP contribution >= 0.6 is 11.3 Å². The summed E-state index contributed by atoms with van der Waals surface area (Å²) in [6, 6.07) is 0.0636. The molecule has 0 spiro atoms. The number of amides is 3. The highest BCUT2D eigenvalue weighted by Gasteiger charge is 2.25. The molecule has 23 heavy (non-hydrogen) atoms. The van der Waals surface area contributed by atoms with E-state index in [1.165, 1.54) is 13.2 Å². The van der Waals surface area contributed by atoms with Crippen molar-refractivity contribution in [1.29, 1.82) is 0 Å². The van der Waals surface area contributed by atoms with Crippen LogP contribution in [-0.4, -0.2) is 48.6 Å². The van der Waals surface area contributed by atoms with Crippen molar-refractivity contribution in [1.82, 2.24) is 5.32 Å². The smallest absolute Gasteiger partial charge is 0.326 e. The van der Waals surface area contributed by atoms with Gasteiger partial charge in [0.15, 0.2) is 0 Å². The number of thiophene rings is 1. The number of hydrogen-bond acceptors (Lipinski definition) is 6. The summed E-state index contributed by atoms with van der Waals surface area (Å²) in [7, 11) is 1.36. The molecular weight excluding hydrogens is 326 g/mol. The van der Waals surface area contributed by atoms with E-state index in [0.717, 1.165) is 16.2 Å². The van der Waals surface area contributed by atoms with Crippen LogP contribution in [0, 0.1) is 6.92 Å². The van der Waals surface area contributed by atoms with Gasteiger partial charge in [0.25, 0.3) is 11.8 Å². The van der Waals surface area contributed by atoms with Crippen LogP contribution in [0.15, 0.2) is 6.07 Å². The number of anilines is 1. The van der Waals surface area contributed by atoms with E-state index in [4.69, 9.17) is 10.8 Å². The molecule has 0 saturated carbocycles. The Balaban J connectivity index is 2.92.